The molecule has 5 heteroatoms. The molecule has 2 heterocycles. The molecule has 1 fully saturated rings. The Balaban J connectivity index is 1.72. The highest BCUT2D eigenvalue weighted by atomic mass is 16.1. The Morgan fingerprint density at radius 2 is 2.33 bits per heavy atom. The van der Waals surface area contributed by atoms with Gasteiger partial charge in [0.15, 0.2) is 0 Å². The van der Waals surface area contributed by atoms with E-state index in [4.69, 9.17) is 0 Å². The lowest BCUT2D eigenvalue weighted by atomic mass is 9.88. The van der Waals surface area contributed by atoms with Gasteiger partial charge in [0, 0.05) is 17.0 Å². The predicted octanol–water partition coefficient (Wildman–Crippen LogP) is 1.36. The molecule has 3 N–H and O–H groups in total. The van der Waals surface area contributed by atoms with Crippen LogP contribution in [0, 0.1) is 11.8 Å². The molecule has 0 spiro atoms. The van der Waals surface area contributed by atoms with Crippen molar-refractivity contribution in [2.45, 2.75) is 6.92 Å². The number of hydrogen-bond acceptors (Lipinski definition) is 3. The smallest absolute Gasteiger partial charge is 0.227 e. The Hall–Kier alpha value is -1.88. The quantitative estimate of drug-likeness (QED) is 0.763. The third kappa shape index (κ3) is 1.97. The van der Waals surface area contributed by atoms with E-state index in [0.29, 0.717) is 5.92 Å². The highest BCUT2D eigenvalue weighted by Gasteiger charge is 2.28. The van der Waals surface area contributed by atoms with Gasteiger partial charge < -0.3 is 10.6 Å². The zero-order valence-corrected chi connectivity index (χ0v) is 10.2. The molecule has 1 atom stereocenters. The summed E-state index contributed by atoms with van der Waals surface area (Å²) in [5.41, 5.74) is 1.75. The zero-order valence-electron chi connectivity index (χ0n) is 10.2. The molecule has 18 heavy (non-hydrogen) atoms. The number of rotatable bonds is 3. The summed E-state index contributed by atoms with van der Waals surface area (Å²) in [6.07, 6.45) is 1.77. The van der Waals surface area contributed by atoms with Gasteiger partial charge in [-0.2, -0.15) is 5.10 Å². The fourth-order valence-electron chi connectivity index (χ4n) is 2.15. The van der Waals surface area contributed by atoms with E-state index in [1.54, 1.807) is 6.20 Å². The van der Waals surface area contributed by atoms with Crippen LogP contribution in [0.25, 0.3) is 10.9 Å². The number of benzene rings is 1. The van der Waals surface area contributed by atoms with Gasteiger partial charge in [-0.25, -0.2) is 0 Å². The first-order valence-corrected chi connectivity index (χ1v) is 6.19. The second-order valence-electron chi connectivity index (χ2n) is 4.87. The molecule has 0 radical (unpaired) electrons. The number of aromatic nitrogens is 2. The van der Waals surface area contributed by atoms with E-state index in [-0.39, 0.29) is 11.8 Å². The van der Waals surface area contributed by atoms with E-state index < -0.39 is 0 Å². The van der Waals surface area contributed by atoms with Gasteiger partial charge in [-0.3, -0.25) is 9.89 Å². The van der Waals surface area contributed by atoms with Crippen LogP contribution in [0.1, 0.15) is 6.92 Å². The van der Waals surface area contributed by atoms with Crippen molar-refractivity contribution in [1.29, 1.82) is 0 Å². The predicted molar refractivity (Wildman–Crippen MR) is 70.2 cm³/mol. The Morgan fingerprint density at radius 3 is 3.06 bits per heavy atom. The Morgan fingerprint density at radius 1 is 1.50 bits per heavy atom. The molecule has 1 saturated heterocycles. The maximum atomic E-state index is 12.1. The SMILES string of the molecule is CC(C(=O)Nc1ccc2cn[nH]c2c1)C1CNC1. The van der Waals surface area contributed by atoms with Gasteiger partial charge in [-0.15, -0.1) is 0 Å². The van der Waals surface area contributed by atoms with Crippen LogP contribution < -0.4 is 10.6 Å². The molecule has 94 valence electrons. The summed E-state index contributed by atoms with van der Waals surface area (Å²) in [4.78, 5) is 12.1. The Bertz CT molecular complexity index is 573. The number of anilines is 1. The van der Waals surface area contributed by atoms with Crippen LogP contribution in [-0.2, 0) is 4.79 Å². The minimum Gasteiger partial charge on any atom is -0.326 e. The van der Waals surface area contributed by atoms with E-state index in [1.807, 2.05) is 25.1 Å². The molecule has 0 aliphatic carbocycles. The molecule has 1 aromatic heterocycles. The number of amides is 1. The Kier molecular flexibility index (Phi) is 2.76. The molecule has 0 saturated carbocycles. The van der Waals surface area contributed by atoms with Crippen molar-refractivity contribution in [1.82, 2.24) is 15.5 Å². The van der Waals surface area contributed by atoms with Crippen LogP contribution in [0.3, 0.4) is 0 Å². The van der Waals surface area contributed by atoms with Gasteiger partial charge in [0.2, 0.25) is 5.91 Å². The van der Waals surface area contributed by atoms with E-state index in [0.717, 1.165) is 29.7 Å². The average Bonchev–Trinajstić information content (AvgIpc) is 2.73. The molecule has 1 aromatic carbocycles. The van der Waals surface area contributed by atoms with Gasteiger partial charge in [0.1, 0.15) is 0 Å². The monoisotopic (exact) mass is 244 g/mol. The van der Waals surface area contributed by atoms with Crippen molar-refractivity contribution in [2.75, 3.05) is 18.4 Å². The number of hydrogen-bond donors (Lipinski definition) is 3. The standard InChI is InChI=1S/C13H16N4O/c1-8(10-5-14-6-10)13(18)16-11-3-2-9-7-15-17-12(9)4-11/h2-4,7-8,10,14H,5-6H2,1H3,(H,15,17)(H,16,18). The van der Waals surface area contributed by atoms with Crippen LogP contribution in [0.2, 0.25) is 0 Å². The molecule has 1 amide bonds. The highest BCUT2D eigenvalue weighted by molar-refractivity contribution is 5.94. The van der Waals surface area contributed by atoms with Crippen LogP contribution >= 0.6 is 0 Å². The number of nitrogens with one attached hydrogen (secondary N) is 3. The fourth-order valence-corrected chi connectivity index (χ4v) is 2.15. The van der Waals surface area contributed by atoms with Crippen molar-refractivity contribution in [3.63, 3.8) is 0 Å². The van der Waals surface area contributed by atoms with Crippen molar-refractivity contribution in [3.05, 3.63) is 24.4 Å². The molecule has 0 bridgehead atoms. The molecule has 5 nitrogen and oxygen atoms in total. The minimum atomic E-state index is 0.0451. The summed E-state index contributed by atoms with van der Waals surface area (Å²) in [6, 6.07) is 5.76. The van der Waals surface area contributed by atoms with Crippen LogP contribution in [0.5, 0.6) is 0 Å². The number of nitrogens with zero attached hydrogens (tertiary/aromatic N) is 1. The largest absolute Gasteiger partial charge is 0.326 e. The average molecular weight is 244 g/mol. The molecular weight excluding hydrogens is 228 g/mol. The summed E-state index contributed by atoms with van der Waals surface area (Å²) in [7, 11) is 0. The third-order valence-corrected chi connectivity index (χ3v) is 3.64. The first kappa shape index (κ1) is 11.2. The van der Waals surface area contributed by atoms with Crippen molar-refractivity contribution in [3.8, 4) is 0 Å². The summed E-state index contributed by atoms with van der Waals surface area (Å²) < 4.78 is 0. The van der Waals surface area contributed by atoms with Gasteiger partial charge in [0.05, 0.1) is 11.7 Å². The maximum absolute atomic E-state index is 12.1. The van der Waals surface area contributed by atoms with E-state index >= 15 is 0 Å². The second-order valence-corrected chi connectivity index (χ2v) is 4.87. The summed E-state index contributed by atoms with van der Waals surface area (Å²) in [5.74, 6) is 0.588. The normalized spacial score (nSPS) is 17.4. The molecule has 3 rings (SSSR count). The minimum absolute atomic E-state index is 0.0451. The summed E-state index contributed by atoms with van der Waals surface area (Å²) >= 11 is 0. The zero-order chi connectivity index (χ0) is 12.5. The van der Waals surface area contributed by atoms with E-state index in [9.17, 15) is 4.79 Å². The number of H-pyrrole nitrogens is 1. The van der Waals surface area contributed by atoms with Crippen LogP contribution in [0.4, 0.5) is 5.69 Å². The number of fused-ring (bicyclic) bond motifs is 1. The number of carbonyl (C=O) groups excluding carboxylic acids is 1. The highest BCUT2D eigenvalue weighted by Crippen LogP contribution is 2.20. The molecule has 1 aliphatic heterocycles. The fraction of sp³-hybridized carbons (Fsp3) is 0.385. The lowest BCUT2D eigenvalue weighted by Gasteiger charge is -2.31. The van der Waals surface area contributed by atoms with Gasteiger partial charge in [-0.1, -0.05) is 6.92 Å². The second kappa shape index (κ2) is 4.42. The third-order valence-electron chi connectivity index (χ3n) is 3.64. The van der Waals surface area contributed by atoms with Gasteiger partial charge in [0.25, 0.3) is 0 Å². The number of aromatic amines is 1. The Labute approximate surface area is 105 Å². The summed E-state index contributed by atoms with van der Waals surface area (Å²) in [6.45, 7) is 3.86. The maximum Gasteiger partial charge on any atom is 0.227 e. The number of carbonyl (C=O) groups is 1. The first-order chi connectivity index (χ1) is 8.74. The van der Waals surface area contributed by atoms with Crippen molar-refractivity contribution < 1.29 is 4.79 Å². The van der Waals surface area contributed by atoms with Gasteiger partial charge in [-0.05, 0) is 37.2 Å². The molecule has 1 aliphatic rings. The molecule has 1 unspecified atom stereocenters. The van der Waals surface area contributed by atoms with E-state index in [2.05, 4.69) is 20.8 Å². The lowest BCUT2D eigenvalue weighted by Crippen LogP contribution is -2.48. The van der Waals surface area contributed by atoms with E-state index in [1.165, 1.54) is 0 Å². The van der Waals surface area contributed by atoms with Crippen LogP contribution in [0.15, 0.2) is 24.4 Å². The summed E-state index contributed by atoms with van der Waals surface area (Å²) in [5, 5.41) is 14.0. The lowest BCUT2D eigenvalue weighted by molar-refractivity contribution is -0.121. The molecular formula is C13H16N4O. The van der Waals surface area contributed by atoms with Crippen molar-refractivity contribution >= 4 is 22.5 Å². The van der Waals surface area contributed by atoms with Crippen LogP contribution in [-0.4, -0.2) is 29.2 Å². The topological polar surface area (TPSA) is 69.8 Å². The molecule has 2 aromatic rings. The van der Waals surface area contributed by atoms with Crippen molar-refractivity contribution in [2.24, 2.45) is 11.8 Å². The first-order valence-electron chi connectivity index (χ1n) is 6.19. The van der Waals surface area contributed by atoms with Gasteiger partial charge >= 0.3 is 0 Å².